The summed E-state index contributed by atoms with van der Waals surface area (Å²) in [5.74, 6) is 0.646. The SMILES string of the molecule is CCNCc1cn[nH]c1S(=O)(=O)NC(C)CCCC(C)C. The first kappa shape index (κ1) is 18.1. The van der Waals surface area contributed by atoms with Gasteiger partial charge in [-0.1, -0.05) is 33.6 Å². The van der Waals surface area contributed by atoms with Crippen LogP contribution in [-0.2, 0) is 16.6 Å². The second-order valence-electron chi connectivity index (χ2n) is 5.85. The normalized spacial score (nSPS) is 13.8. The minimum absolute atomic E-state index is 0.0796. The van der Waals surface area contributed by atoms with Crippen molar-refractivity contribution in [1.82, 2.24) is 20.2 Å². The predicted molar refractivity (Wildman–Crippen MR) is 84.4 cm³/mol. The number of aromatic nitrogens is 2. The second kappa shape index (κ2) is 8.51. The summed E-state index contributed by atoms with van der Waals surface area (Å²) in [5.41, 5.74) is 0.665. The molecule has 1 heterocycles. The minimum Gasteiger partial charge on any atom is -0.313 e. The van der Waals surface area contributed by atoms with Crippen LogP contribution in [0.4, 0.5) is 0 Å². The Labute approximate surface area is 128 Å². The zero-order valence-electron chi connectivity index (χ0n) is 13.4. The van der Waals surface area contributed by atoms with Gasteiger partial charge in [0.2, 0.25) is 0 Å². The molecule has 1 atom stereocenters. The van der Waals surface area contributed by atoms with Crippen LogP contribution in [0.5, 0.6) is 0 Å². The van der Waals surface area contributed by atoms with Gasteiger partial charge in [-0.2, -0.15) is 5.10 Å². The van der Waals surface area contributed by atoms with Gasteiger partial charge >= 0.3 is 0 Å². The highest BCUT2D eigenvalue weighted by molar-refractivity contribution is 7.89. The van der Waals surface area contributed by atoms with E-state index in [1.807, 2.05) is 13.8 Å². The number of hydrogen-bond acceptors (Lipinski definition) is 4. The molecule has 0 saturated carbocycles. The maximum atomic E-state index is 12.4. The van der Waals surface area contributed by atoms with Crippen LogP contribution < -0.4 is 10.0 Å². The number of hydrogen-bond donors (Lipinski definition) is 3. The molecule has 1 aromatic heterocycles. The fourth-order valence-corrected chi connectivity index (χ4v) is 3.54. The molecule has 1 unspecified atom stereocenters. The number of H-pyrrole nitrogens is 1. The average molecular weight is 316 g/mol. The molecule has 0 fully saturated rings. The molecular weight excluding hydrogens is 288 g/mol. The highest BCUT2D eigenvalue weighted by atomic mass is 32.2. The number of nitrogens with zero attached hydrogens (tertiary/aromatic N) is 1. The van der Waals surface area contributed by atoms with Crippen molar-refractivity contribution in [3.05, 3.63) is 11.8 Å². The lowest BCUT2D eigenvalue weighted by Crippen LogP contribution is -2.33. The Bertz CT molecular complexity index is 511. The molecule has 0 aliphatic carbocycles. The first-order chi connectivity index (χ1) is 9.86. The Morgan fingerprint density at radius 1 is 1.29 bits per heavy atom. The monoisotopic (exact) mass is 316 g/mol. The average Bonchev–Trinajstić information content (AvgIpc) is 2.84. The van der Waals surface area contributed by atoms with E-state index in [1.165, 1.54) is 0 Å². The van der Waals surface area contributed by atoms with Crippen LogP contribution in [0.2, 0.25) is 0 Å². The summed E-state index contributed by atoms with van der Waals surface area (Å²) in [4.78, 5) is 0. The van der Waals surface area contributed by atoms with E-state index in [0.717, 1.165) is 25.8 Å². The van der Waals surface area contributed by atoms with E-state index in [1.54, 1.807) is 6.20 Å². The fraction of sp³-hybridized carbons (Fsp3) is 0.786. The fourth-order valence-electron chi connectivity index (χ4n) is 2.13. The number of aromatic amines is 1. The number of rotatable bonds is 10. The molecule has 0 spiro atoms. The molecular formula is C14H28N4O2S. The van der Waals surface area contributed by atoms with Crippen molar-refractivity contribution in [2.45, 2.75) is 64.6 Å². The van der Waals surface area contributed by atoms with Gasteiger partial charge in [-0.3, -0.25) is 5.10 Å². The van der Waals surface area contributed by atoms with Crippen molar-refractivity contribution in [2.75, 3.05) is 6.54 Å². The number of nitrogens with one attached hydrogen (secondary N) is 3. The van der Waals surface area contributed by atoms with Crippen LogP contribution in [0, 0.1) is 5.92 Å². The van der Waals surface area contributed by atoms with Gasteiger partial charge in [0.25, 0.3) is 10.0 Å². The molecule has 3 N–H and O–H groups in total. The van der Waals surface area contributed by atoms with Gasteiger partial charge in [-0.25, -0.2) is 13.1 Å². The predicted octanol–water partition coefficient (Wildman–Crippen LogP) is 2.01. The van der Waals surface area contributed by atoms with Gasteiger partial charge in [0.15, 0.2) is 5.03 Å². The van der Waals surface area contributed by atoms with E-state index < -0.39 is 10.0 Å². The van der Waals surface area contributed by atoms with Crippen molar-refractivity contribution >= 4 is 10.0 Å². The molecule has 7 heteroatoms. The Hall–Kier alpha value is -0.920. The largest absolute Gasteiger partial charge is 0.313 e. The third-order valence-electron chi connectivity index (χ3n) is 3.29. The summed E-state index contributed by atoms with van der Waals surface area (Å²) in [7, 11) is -3.54. The van der Waals surface area contributed by atoms with Gasteiger partial charge in [-0.05, 0) is 25.8 Å². The van der Waals surface area contributed by atoms with Gasteiger partial charge < -0.3 is 5.32 Å². The first-order valence-corrected chi connectivity index (χ1v) is 9.10. The van der Waals surface area contributed by atoms with E-state index >= 15 is 0 Å². The molecule has 0 bridgehead atoms. The summed E-state index contributed by atoms with van der Waals surface area (Å²) in [6.45, 7) is 9.50. The molecule has 1 rings (SSSR count). The van der Waals surface area contributed by atoms with E-state index in [-0.39, 0.29) is 11.1 Å². The van der Waals surface area contributed by atoms with E-state index in [2.05, 4.69) is 34.1 Å². The van der Waals surface area contributed by atoms with Crippen LogP contribution in [-0.4, -0.2) is 31.2 Å². The molecule has 0 aliphatic heterocycles. The van der Waals surface area contributed by atoms with E-state index in [9.17, 15) is 8.42 Å². The maximum absolute atomic E-state index is 12.4. The van der Waals surface area contributed by atoms with Gasteiger partial charge in [-0.15, -0.1) is 0 Å². The molecule has 6 nitrogen and oxygen atoms in total. The lowest BCUT2D eigenvalue weighted by atomic mass is 10.0. The van der Waals surface area contributed by atoms with E-state index in [4.69, 9.17) is 0 Å². The van der Waals surface area contributed by atoms with E-state index in [0.29, 0.717) is 18.0 Å². The molecule has 21 heavy (non-hydrogen) atoms. The Balaban J connectivity index is 2.62. The topological polar surface area (TPSA) is 86.9 Å². The first-order valence-electron chi connectivity index (χ1n) is 7.62. The quantitative estimate of drug-likeness (QED) is 0.616. The molecule has 0 aliphatic rings. The Morgan fingerprint density at radius 3 is 2.62 bits per heavy atom. The van der Waals surface area contributed by atoms with Crippen LogP contribution in [0.25, 0.3) is 0 Å². The zero-order valence-corrected chi connectivity index (χ0v) is 14.3. The molecule has 0 amide bonds. The third-order valence-corrected chi connectivity index (χ3v) is 4.89. The van der Waals surface area contributed by atoms with Crippen molar-refractivity contribution < 1.29 is 8.42 Å². The summed E-state index contributed by atoms with van der Waals surface area (Å²) in [6, 6.07) is -0.0796. The van der Waals surface area contributed by atoms with Crippen molar-refractivity contribution in [1.29, 1.82) is 0 Å². The molecule has 0 aromatic carbocycles. The second-order valence-corrected chi connectivity index (χ2v) is 7.50. The lowest BCUT2D eigenvalue weighted by Gasteiger charge is -2.14. The van der Waals surface area contributed by atoms with Gasteiger partial charge in [0.05, 0.1) is 6.20 Å². The highest BCUT2D eigenvalue weighted by Gasteiger charge is 2.22. The summed E-state index contributed by atoms with van der Waals surface area (Å²) < 4.78 is 27.5. The summed E-state index contributed by atoms with van der Waals surface area (Å²) in [6.07, 6.45) is 4.53. The number of sulfonamides is 1. The van der Waals surface area contributed by atoms with Crippen LogP contribution in [0.1, 0.15) is 52.5 Å². The minimum atomic E-state index is -3.54. The summed E-state index contributed by atoms with van der Waals surface area (Å²) >= 11 is 0. The molecule has 1 aromatic rings. The maximum Gasteiger partial charge on any atom is 0.258 e. The molecule has 0 radical (unpaired) electrons. The van der Waals surface area contributed by atoms with Gasteiger partial charge in [0, 0.05) is 18.2 Å². The van der Waals surface area contributed by atoms with Crippen molar-refractivity contribution in [3.63, 3.8) is 0 Å². The highest BCUT2D eigenvalue weighted by Crippen LogP contribution is 2.14. The third kappa shape index (κ3) is 6.15. The standard InChI is InChI=1S/C14H28N4O2S/c1-5-15-9-13-10-16-17-14(13)21(19,20)18-12(4)8-6-7-11(2)3/h10-12,15,18H,5-9H2,1-4H3,(H,16,17). The lowest BCUT2D eigenvalue weighted by molar-refractivity contribution is 0.487. The van der Waals surface area contributed by atoms with Crippen LogP contribution in [0.3, 0.4) is 0 Å². The summed E-state index contributed by atoms with van der Waals surface area (Å²) in [5, 5.41) is 9.72. The van der Waals surface area contributed by atoms with Crippen molar-refractivity contribution in [3.8, 4) is 0 Å². The smallest absolute Gasteiger partial charge is 0.258 e. The Morgan fingerprint density at radius 2 is 2.00 bits per heavy atom. The molecule has 0 saturated heterocycles. The Kier molecular flexibility index (Phi) is 7.34. The van der Waals surface area contributed by atoms with Crippen LogP contribution in [0.15, 0.2) is 11.2 Å². The van der Waals surface area contributed by atoms with Crippen LogP contribution >= 0.6 is 0 Å². The van der Waals surface area contributed by atoms with Crippen molar-refractivity contribution in [2.24, 2.45) is 5.92 Å². The zero-order chi connectivity index (χ0) is 15.9. The van der Waals surface area contributed by atoms with Gasteiger partial charge in [0.1, 0.15) is 0 Å². The molecule has 122 valence electrons.